The van der Waals surface area contributed by atoms with Crippen molar-refractivity contribution >= 4 is 15.7 Å². The topological polar surface area (TPSA) is 84.8 Å². The van der Waals surface area contributed by atoms with Crippen molar-refractivity contribution in [1.82, 2.24) is 14.3 Å². The fraction of sp³-hybridized carbons (Fsp3) is 0.471. The molecule has 0 N–H and O–H groups in total. The smallest absolute Gasteiger partial charge is 0.217 e. The standard InChI is InChI=1S/C17H20N4O3S/c22-25(23,14-4-5-14)21-10-7-13(11-21)24-16-3-1-2-8-19-17(16)15-6-9-18-12-20-15/h1-3,6,9,12-14H,4-5,7-8,10-11H2. The van der Waals surface area contributed by atoms with Crippen molar-refractivity contribution in [2.45, 2.75) is 30.6 Å². The number of aromatic nitrogens is 2. The summed E-state index contributed by atoms with van der Waals surface area (Å²) in [6.45, 7) is 1.47. The molecular formula is C17H20N4O3S. The monoisotopic (exact) mass is 360 g/mol. The van der Waals surface area contributed by atoms with Crippen LogP contribution < -0.4 is 0 Å². The summed E-state index contributed by atoms with van der Waals surface area (Å²) in [6, 6.07) is 1.79. The zero-order valence-corrected chi connectivity index (χ0v) is 14.6. The van der Waals surface area contributed by atoms with Gasteiger partial charge in [-0.05, 0) is 31.4 Å². The fourth-order valence-electron chi connectivity index (χ4n) is 3.03. The maximum atomic E-state index is 12.4. The summed E-state index contributed by atoms with van der Waals surface area (Å²) in [7, 11) is -3.14. The van der Waals surface area contributed by atoms with Crippen LogP contribution in [0.1, 0.15) is 25.0 Å². The molecule has 1 aromatic rings. The van der Waals surface area contributed by atoms with Crippen LogP contribution in [0.3, 0.4) is 0 Å². The van der Waals surface area contributed by atoms with Crippen LogP contribution in [0.4, 0.5) is 0 Å². The molecule has 2 aliphatic heterocycles. The molecule has 0 bridgehead atoms. The number of sulfonamides is 1. The predicted octanol–water partition coefficient (Wildman–Crippen LogP) is 1.30. The SMILES string of the molecule is O=S(=O)(C1CC1)N1CCC(OC2=CC=CCN=C2c2ccncn2)C1. The number of aliphatic imine (C=N–C) groups is 1. The number of hydrogen-bond acceptors (Lipinski definition) is 6. The Labute approximate surface area is 147 Å². The first-order valence-electron chi connectivity index (χ1n) is 8.48. The molecule has 1 unspecified atom stereocenters. The first-order chi connectivity index (χ1) is 12.1. The summed E-state index contributed by atoms with van der Waals surface area (Å²) in [5.41, 5.74) is 1.38. The van der Waals surface area contributed by atoms with Crippen molar-refractivity contribution in [1.29, 1.82) is 0 Å². The Morgan fingerprint density at radius 3 is 2.88 bits per heavy atom. The van der Waals surface area contributed by atoms with E-state index in [1.165, 1.54) is 6.33 Å². The van der Waals surface area contributed by atoms with Crippen molar-refractivity contribution in [2.75, 3.05) is 19.6 Å². The lowest BCUT2D eigenvalue weighted by molar-refractivity contribution is 0.142. The molecule has 7 nitrogen and oxygen atoms in total. The lowest BCUT2D eigenvalue weighted by atomic mass is 10.2. The highest BCUT2D eigenvalue weighted by Gasteiger charge is 2.43. The van der Waals surface area contributed by atoms with Crippen LogP contribution in [-0.4, -0.2) is 59.4 Å². The highest BCUT2D eigenvalue weighted by atomic mass is 32.2. The number of allylic oxidation sites excluding steroid dienone is 3. The minimum absolute atomic E-state index is 0.168. The molecule has 132 valence electrons. The average Bonchev–Trinajstić information content (AvgIpc) is 3.41. The molecule has 0 spiro atoms. The van der Waals surface area contributed by atoms with Gasteiger partial charge in [-0.25, -0.2) is 18.4 Å². The van der Waals surface area contributed by atoms with E-state index in [1.807, 2.05) is 18.2 Å². The molecule has 4 rings (SSSR count). The number of nitrogens with zero attached hydrogens (tertiary/aromatic N) is 4. The van der Waals surface area contributed by atoms with Gasteiger partial charge in [0.05, 0.1) is 24.0 Å². The van der Waals surface area contributed by atoms with Crippen LogP contribution in [0.5, 0.6) is 0 Å². The molecule has 0 radical (unpaired) electrons. The Kier molecular flexibility index (Phi) is 4.39. The Balaban J connectivity index is 1.49. The van der Waals surface area contributed by atoms with Crippen LogP contribution in [0.15, 0.2) is 47.6 Å². The van der Waals surface area contributed by atoms with E-state index in [9.17, 15) is 8.42 Å². The molecule has 0 aromatic carbocycles. The second-order valence-electron chi connectivity index (χ2n) is 6.37. The third-order valence-corrected chi connectivity index (χ3v) is 6.87. The van der Waals surface area contributed by atoms with E-state index < -0.39 is 10.0 Å². The molecule has 1 aromatic heterocycles. The summed E-state index contributed by atoms with van der Waals surface area (Å²) in [5, 5.41) is -0.176. The van der Waals surface area contributed by atoms with E-state index in [-0.39, 0.29) is 11.4 Å². The molecule has 3 aliphatic rings. The summed E-state index contributed by atoms with van der Waals surface area (Å²) in [5.74, 6) is 0.628. The molecule has 1 saturated carbocycles. The Morgan fingerprint density at radius 1 is 1.24 bits per heavy atom. The van der Waals surface area contributed by atoms with Gasteiger partial charge in [0.2, 0.25) is 10.0 Å². The molecule has 1 saturated heterocycles. The highest BCUT2D eigenvalue weighted by Crippen LogP contribution is 2.33. The van der Waals surface area contributed by atoms with Gasteiger partial charge in [0.15, 0.2) is 0 Å². The van der Waals surface area contributed by atoms with E-state index in [0.717, 1.165) is 12.8 Å². The van der Waals surface area contributed by atoms with Gasteiger partial charge in [0.1, 0.15) is 23.9 Å². The molecule has 2 fully saturated rings. The van der Waals surface area contributed by atoms with E-state index in [4.69, 9.17) is 4.74 Å². The lowest BCUT2D eigenvalue weighted by Gasteiger charge is -2.19. The minimum atomic E-state index is -3.14. The summed E-state index contributed by atoms with van der Waals surface area (Å²) in [4.78, 5) is 12.7. The van der Waals surface area contributed by atoms with Gasteiger partial charge in [-0.15, -0.1) is 0 Å². The van der Waals surface area contributed by atoms with E-state index >= 15 is 0 Å². The largest absolute Gasteiger partial charge is 0.487 e. The maximum absolute atomic E-state index is 12.4. The number of rotatable bonds is 5. The first-order valence-corrected chi connectivity index (χ1v) is 9.98. The number of hydrogen-bond donors (Lipinski definition) is 0. The zero-order valence-electron chi connectivity index (χ0n) is 13.8. The fourth-order valence-corrected chi connectivity index (χ4v) is 4.92. The quantitative estimate of drug-likeness (QED) is 0.790. The second kappa shape index (κ2) is 6.68. The van der Waals surface area contributed by atoms with Crippen molar-refractivity contribution in [2.24, 2.45) is 4.99 Å². The second-order valence-corrected chi connectivity index (χ2v) is 8.59. The van der Waals surface area contributed by atoms with E-state index in [1.54, 1.807) is 16.6 Å². The van der Waals surface area contributed by atoms with Crippen LogP contribution in [0.25, 0.3) is 0 Å². The summed E-state index contributed by atoms with van der Waals surface area (Å²) < 4.78 is 32.5. The van der Waals surface area contributed by atoms with Gasteiger partial charge >= 0.3 is 0 Å². The first kappa shape index (κ1) is 16.4. The molecular weight excluding hydrogens is 340 g/mol. The van der Waals surface area contributed by atoms with Crippen LogP contribution >= 0.6 is 0 Å². The van der Waals surface area contributed by atoms with Crippen LogP contribution in [0.2, 0.25) is 0 Å². The van der Waals surface area contributed by atoms with Crippen molar-refractivity contribution < 1.29 is 13.2 Å². The molecule has 0 amide bonds. The van der Waals surface area contributed by atoms with E-state index in [0.29, 0.717) is 43.2 Å². The highest BCUT2D eigenvalue weighted by molar-refractivity contribution is 7.90. The Morgan fingerprint density at radius 2 is 2.12 bits per heavy atom. The third kappa shape index (κ3) is 3.50. The molecule has 1 aliphatic carbocycles. The maximum Gasteiger partial charge on any atom is 0.217 e. The van der Waals surface area contributed by atoms with Gasteiger partial charge in [0, 0.05) is 12.7 Å². The Bertz CT molecular complexity index is 829. The zero-order chi connectivity index (χ0) is 17.3. The molecule has 25 heavy (non-hydrogen) atoms. The number of ether oxygens (including phenoxy) is 1. The van der Waals surface area contributed by atoms with Gasteiger partial charge < -0.3 is 4.74 Å². The van der Waals surface area contributed by atoms with Gasteiger partial charge in [0.25, 0.3) is 0 Å². The van der Waals surface area contributed by atoms with Crippen molar-refractivity contribution in [3.8, 4) is 0 Å². The van der Waals surface area contributed by atoms with Gasteiger partial charge in [-0.1, -0.05) is 12.2 Å². The predicted molar refractivity (Wildman–Crippen MR) is 93.7 cm³/mol. The van der Waals surface area contributed by atoms with Crippen molar-refractivity contribution in [3.05, 3.63) is 48.3 Å². The van der Waals surface area contributed by atoms with E-state index in [2.05, 4.69) is 15.0 Å². The minimum Gasteiger partial charge on any atom is -0.487 e. The Hall–Kier alpha value is -2.06. The normalized spacial score (nSPS) is 24.6. The summed E-state index contributed by atoms with van der Waals surface area (Å²) >= 11 is 0. The van der Waals surface area contributed by atoms with Gasteiger partial charge in [-0.2, -0.15) is 4.31 Å². The van der Waals surface area contributed by atoms with Gasteiger partial charge in [-0.3, -0.25) is 4.99 Å². The van der Waals surface area contributed by atoms with Crippen LogP contribution in [-0.2, 0) is 14.8 Å². The third-order valence-electron chi connectivity index (χ3n) is 4.50. The molecule has 8 heteroatoms. The average molecular weight is 360 g/mol. The molecule has 3 heterocycles. The van der Waals surface area contributed by atoms with Crippen molar-refractivity contribution in [3.63, 3.8) is 0 Å². The van der Waals surface area contributed by atoms with Crippen LogP contribution in [0, 0.1) is 0 Å². The molecule has 1 atom stereocenters. The lowest BCUT2D eigenvalue weighted by Crippen LogP contribution is -2.33. The summed E-state index contributed by atoms with van der Waals surface area (Å²) in [6.07, 6.45) is 10.9.